The van der Waals surface area contributed by atoms with Crippen LogP contribution in [0.15, 0.2) is 17.4 Å². The van der Waals surface area contributed by atoms with Gasteiger partial charge in [0.1, 0.15) is 5.52 Å². The Morgan fingerprint density at radius 3 is 2.95 bits per heavy atom. The van der Waals surface area contributed by atoms with Gasteiger partial charge in [-0.1, -0.05) is 18.2 Å². The van der Waals surface area contributed by atoms with Crippen LogP contribution in [0.4, 0.5) is 0 Å². The number of carbonyl (C=O) groups is 1. The Kier molecular flexibility index (Phi) is 3.89. The molecule has 6 heteroatoms. The van der Waals surface area contributed by atoms with Gasteiger partial charge in [0.15, 0.2) is 10.8 Å². The van der Waals surface area contributed by atoms with Gasteiger partial charge in [-0.3, -0.25) is 4.79 Å². The van der Waals surface area contributed by atoms with Crippen LogP contribution in [0.5, 0.6) is 0 Å². The zero-order chi connectivity index (χ0) is 15.0. The maximum atomic E-state index is 10.9. The minimum absolute atomic E-state index is 0.0275. The quantitative estimate of drug-likeness (QED) is 0.859. The number of aliphatic carboxylic acids is 1. The summed E-state index contributed by atoms with van der Waals surface area (Å²) < 4.78 is 2.14. The first-order valence-corrected chi connectivity index (χ1v) is 8.24. The van der Waals surface area contributed by atoms with Crippen LogP contribution in [-0.4, -0.2) is 31.4 Å². The molecule has 0 spiro atoms. The van der Waals surface area contributed by atoms with Gasteiger partial charge in [0.05, 0.1) is 5.75 Å². The van der Waals surface area contributed by atoms with E-state index in [0.29, 0.717) is 12.0 Å². The number of fused-ring (bicyclic) bond motifs is 1. The van der Waals surface area contributed by atoms with Gasteiger partial charge in [-0.25, -0.2) is 9.97 Å². The number of carboxylic acids is 1. The molecule has 112 valence electrons. The number of aryl methyl sites for hydroxylation is 1. The fourth-order valence-corrected chi connectivity index (χ4v) is 3.62. The Morgan fingerprint density at radius 2 is 2.33 bits per heavy atom. The Bertz CT molecular complexity index is 679. The lowest BCUT2D eigenvalue weighted by molar-refractivity contribution is -0.133. The number of aromatic nitrogens is 3. The largest absolute Gasteiger partial charge is 0.481 e. The molecule has 2 heterocycles. The highest BCUT2D eigenvalue weighted by Gasteiger charge is 2.29. The van der Waals surface area contributed by atoms with Crippen LogP contribution in [0.25, 0.3) is 11.2 Å². The second-order valence-electron chi connectivity index (χ2n) is 5.68. The highest BCUT2D eigenvalue weighted by molar-refractivity contribution is 7.99. The number of pyridine rings is 1. The van der Waals surface area contributed by atoms with Crippen LogP contribution in [-0.2, 0) is 4.79 Å². The summed E-state index contributed by atoms with van der Waals surface area (Å²) in [6, 6.07) is 2.26. The average molecular weight is 305 g/mol. The predicted octanol–water partition coefficient (Wildman–Crippen LogP) is 3.28. The molecule has 0 saturated heterocycles. The van der Waals surface area contributed by atoms with Crippen LogP contribution in [0.2, 0.25) is 0 Å². The van der Waals surface area contributed by atoms with Gasteiger partial charge < -0.3 is 9.67 Å². The summed E-state index contributed by atoms with van der Waals surface area (Å²) in [6.45, 7) is 4.21. The summed E-state index contributed by atoms with van der Waals surface area (Å²) in [5.74, 6) is -0.145. The van der Waals surface area contributed by atoms with Crippen molar-refractivity contribution in [3.05, 3.63) is 17.8 Å². The predicted molar refractivity (Wildman–Crippen MR) is 82.7 cm³/mol. The molecule has 0 aromatic carbocycles. The fraction of sp³-hybridized carbons (Fsp3) is 0.533. The first kappa shape index (κ1) is 14.4. The molecule has 1 fully saturated rings. The Hall–Kier alpha value is -1.56. The van der Waals surface area contributed by atoms with Crippen molar-refractivity contribution < 1.29 is 9.90 Å². The van der Waals surface area contributed by atoms with Gasteiger partial charge in [0.2, 0.25) is 0 Å². The van der Waals surface area contributed by atoms with Crippen LogP contribution in [0, 0.1) is 12.8 Å². The lowest BCUT2D eigenvalue weighted by Crippen LogP contribution is -2.23. The normalized spacial score (nSPS) is 16.9. The second kappa shape index (κ2) is 5.67. The van der Waals surface area contributed by atoms with Crippen molar-refractivity contribution in [3.63, 3.8) is 0 Å². The minimum Gasteiger partial charge on any atom is -0.481 e. The highest BCUT2D eigenvalue weighted by Crippen LogP contribution is 2.39. The molecule has 2 aromatic rings. The van der Waals surface area contributed by atoms with Gasteiger partial charge in [-0.2, -0.15) is 0 Å². The minimum atomic E-state index is -0.820. The molecular weight excluding hydrogens is 286 g/mol. The van der Waals surface area contributed by atoms with Crippen molar-refractivity contribution in [1.82, 2.24) is 14.5 Å². The molecule has 1 atom stereocenters. The van der Waals surface area contributed by atoms with Gasteiger partial charge >= 0.3 is 5.97 Å². The summed E-state index contributed by atoms with van der Waals surface area (Å²) in [5, 5.41) is 9.70. The standard InChI is InChI=1S/C15H19N3O2S/c1-9-6-7-16-14-13(9)17-15(21-8-12(19)20)18(14)10(2)11-4-3-5-11/h6-7,10-11H,3-5,8H2,1-2H3,(H,19,20). The Balaban J connectivity index is 2.06. The van der Waals surface area contributed by atoms with E-state index in [2.05, 4.69) is 21.5 Å². The molecule has 2 aromatic heterocycles. The van der Waals surface area contributed by atoms with Crippen molar-refractivity contribution in [2.45, 2.75) is 44.3 Å². The summed E-state index contributed by atoms with van der Waals surface area (Å²) >= 11 is 1.28. The zero-order valence-corrected chi connectivity index (χ0v) is 13.1. The molecule has 0 radical (unpaired) electrons. The van der Waals surface area contributed by atoms with E-state index in [9.17, 15) is 4.79 Å². The van der Waals surface area contributed by atoms with Crippen molar-refractivity contribution in [1.29, 1.82) is 0 Å². The van der Waals surface area contributed by atoms with Crippen LogP contribution in [0.1, 0.15) is 37.8 Å². The van der Waals surface area contributed by atoms with E-state index in [0.717, 1.165) is 21.9 Å². The van der Waals surface area contributed by atoms with Crippen LogP contribution < -0.4 is 0 Å². The van der Waals surface area contributed by atoms with E-state index in [1.807, 2.05) is 13.0 Å². The molecule has 0 bridgehead atoms. The molecule has 1 saturated carbocycles. The molecule has 1 aliphatic carbocycles. The number of carboxylic acid groups (broad SMARTS) is 1. The third-order valence-corrected chi connectivity index (χ3v) is 5.25. The highest BCUT2D eigenvalue weighted by atomic mass is 32.2. The van der Waals surface area contributed by atoms with Gasteiger partial charge in [0, 0.05) is 12.2 Å². The van der Waals surface area contributed by atoms with E-state index in [1.54, 1.807) is 6.20 Å². The molecule has 21 heavy (non-hydrogen) atoms. The smallest absolute Gasteiger partial charge is 0.313 e. The lowest BCUT2D eigenvalue weighted by Gasteiger charge is -2.33. The summed E-state index contributed by atoms with van der Waals surface area (Å²) in [7, 11) is 0. The monoisotopic (exact) mass is 305 g/mol. The molecule has 3 rings (SSSR count). The SMILES string of the molecule is Cc1ccnc2c1nc(SCC(=O)O)n2C(C)C1CCC1. The number of hydrogen-bond donors (Lipinski definition) is 1. The first-order valence-electron chi connectivity index (χ1n) is 7.26. The van der Waals surface area contributed by atoms with E-state index < -0.39 is 5.97 Å². The van der Waals surface area contributed by atoms with Crippen molar-refractivity contribution in [2.75, 3.05) is 5.75 Å². The zero-order valence-electron chi connectivity index (χ0n) is 12.2. The molecule has 1 unspecified atom stereocenters. The van der Waals surface area contributed by atoms with E-state index in [-0.39, 0.29) is 5.75 Å². The molecule has 1 aliphatic rings. The van der Waals surface area contributed by atoms with Crippen molar-refractivity contribution >= 4 is 28.9 Å². The Morgan fingerprint density at radius 1 is 1.57 bits per heavy atom. The number of imidazole rings is 1. The maximum absolute atomic E-state index is 10.9. The van der Waals surface area contributed by atoms with Crippen molar-refractivity contribution in [2.24, 2.45) is 5.92 Å². The molecular formula is C15H19N3O2S. The number of thioether (sulfide) groups is 1. The lowest BCUT2D eigenvalue weighted by atomic mass is 9.80. The molecule has 1 N–H and O–H groups in total. The molecule has 5 nitrogen and oxygen atoms in total. The van der Waals surface area contributed by atoms with E-state index >= 15 is 0 Å². The Labute approximate surface area is 127 Å². The van der Waals surface area contributed by atoms with Gasteiger partial charge in [-0.05, 0) is 44.2 Å². The average Bonchev–Trinajstić information content (AvgIpc) is 2.74. The van der Waals surface area contributed by atoms with Gasteiger partial charge in [-0.15, -0.1) is 0 Å². The third kappa shape index (κ3) is 2.64. The maximum Gasteiger partial charge on any atom is 0.313 e. The van der Waals surface area contributed by atoms with Gasteiger partial charge in [0.25, 0.3) is 0 Å². The summed E-state index contributed by atoms with van der Waals surface area (Å²) in [5.41, 5.74) is 2.84. The number of rotatable bonds is 5. The van der Waals surface area contributed by atoms with Crippen LogP contribution in [0.3, 0.4) is 0 Å². The van der Waals surface area contributed by atoms with E-state index in [1.165, 1.54) is 31.0 Å². The van der Waals surface area contributed by atoms with Crippen LogP contribution >= 0.6 is 11.8 Å². The summed E-state index contributed by atoms with van der Waals surface area (Å²) in [6.07, 6.45) is 5.55. The second-order valence-corrected chi connectivity index (χ2v) is 6.62. The summed E-state index contributed by atoms with van der Waals surface area (Å²) in [4.78, 5) is 20.0. The molecule has 0 aliphatic heterocycles. The van der Waals surface area contributed by atoms with E-state index in [4.69, 9.17) is 5.11 Å². The fourth-order valence-electron chi connectivity index (χ4n) is 2.82. The first-order chi connectivity index (χ1) is 10.1. The number of nitrogens with zero attached hydrogens (tertiary/aromatic N) is 3. The third-order valence-electron chi connectivity index (χ3n) is 4.31. The molecule has 0 amide bonds. The number of hydrogen-bond acceptors (Lipinski definition) is 4. The topological polar surface area (TPSA) is 68.0 Å². The van der Waals surface area contributed by atoms with Crippen molar-refractivity contribution in [3.8, 4) is 0 Å².